The second-order valence-corrected chi connectivity index (χ2v) is 6.37. The van der Waals surface area contributed by atoms with E-state index in [0.29, 0.717) is 19.4 Å². The van der Waals surface area contributed by atoms with Crippen molar-refractivity contribution >= 4 is 5.78 Å². The number of methoxy groups -OCH3 is 2. The number of ketones is 1. The maximum atomic E-state index is 12.6. The van der Waals surface area contributed by atoms with Crippen LogP contribution in [0.2, 0.25) is 0 Å². The summed E-state index contributed by atoms with van der Waals surface area (Å²) >= 11 is 0. The highest BCUT2D eigenvalue weighted by Crippen LogP contribution is 2.31. The van der Waals surface area contributed by atoms with Crippen LogP contribution >= 0.6 is 0 Å². The van der Waals surface area contributed by atoms with Gasteiger partial charge >= 0.3 is 6.18 Å². The summed E-state index contributed by atoms with van der Waals surface area (Å²) in [5.41, 5.74) is 0. The van der Waals surface area contributed by atoms with Crippen LogP contribution in [0.25, 0.3) is 0 Å². The summed E-state index contributed by atoms with van der Waals surface area (Å²) in [4.78, 5) is 11.9. The van der Waals surface area contributed by atoms with Crippen molar-refractivity contribution in [2.45, 2.75) is 45.7 Å². The molecule has 0 spiro atoms. The first-order chi connectivity index (χ1) is 11.7. The Hall–Kier alpha value is -0.700. The van der Waals surface area contributed by atoms with Crippen LogP contribution in [-0.4, -0.2) is 53.0 Å². The lowest BCUT2D eigenvalue weighted by Gasteiger charge is -2.27. The second kappa shape index (κ2) is 13.5. The lowest BCUT2D eigenvalue weighted by molar-refractivity contribution is -0.143. The fourth-order valence-electron chi connectivity index (χ4n) is 2.65. The van der Waals surface area contributed by atoms with E-state index in [0.717, 1.165) is 0 Å². The molecule has 0 saturated heterocycles. The molecule has 0 aliphatic carbocycles. The molecule has 150 valence electrons. The van der Waals surface area contributed by atoms with Gasteiger partial charge in [-0.1, -0.05) is 6.92 Å². The smallest absolute Gasteiger partial charge is 0.359 e. The van der Waals surface area contributed by atoms with Crippen molar-refractivity contribution in [3.8, 4) is 0 Å². The Morgan fingerprint density at radius 1 is 0.960 bits per heavy atom. The maximum absolute atomic E-state index is 12.6. The molecule has 3 atom stereocenters. The van der Waals surface area contributed by atoms with E-state index in [1.165, 1.54) is 21.1 Å². The quantitative estimate of drug-likeness (QED) is 0.323. The number of hydrogen-bond acceptors (Lipinski definition) is 5. The second-order valence-electron chi connectivity index (χ2n) is 6.37. The molecule has 5 nitrogen and oxygen atoms in total. The van der Waals surface area contributed by atoms with Crippen molar-refractivity contribution < 1.29 is 36.9 Å². The van der Waals surface area contributed by atoms with Gasteiger partial charge in [0.25, 0.3) is 0 Å². The minimum absolute atomic E-state index is 0.0109. The van der Waals surface area contributed by atoms with E-state index in [-0.39, 0.29) is 44.2 Å². The van der Waals surface area contributed by atoms with Crippen LogP contribution in [0.1, 0.15) is 39.5 Å². The van der Waals surface area contributed by atoms with Crippen molar-refractivity contribution in [2.24, 2.45) is 17.8 Å². The summed E-state index contributed by atoms with van der Waals surface area (Å²) in [6, 6.07) is 0. The largest absolute Gasteiger partial charge is 0.389 e. The molecule has 0 aromatic heterocycles. The molecule has 0 fully saturated rings. The molecule has 0 aromatic carbocycles. The normalized spacial score (nSPS) is 15.8. The molecule has 0 amide bonds. The van der Waals surface area contributed by atoms with Gasteiger partial charge in [-0.2, -0.15) is 13.2 Å². The summed E-state index contributed by atoms with van der Waals surface area (Å²) in [5.74, 6) is -0.951. The number of ether oxygens (including phenoxy) is 4. The van der Waals surface area contributed by atoms with E-state index in [2.05, 4.69) is 0 Å². The van der Waals surface area contributed by atoms with E-state index >= 15 is 0 Å². The van der Waals surface area contributed by atoms with Crippen LogP contribution in [0.15, 0.2) is 0 Å². The predicted molar refractivity (Wildman–Crippen MR) is 87.0 cm³/mol. The van der Waals surface area contributed by atoms with Gasteiger partial charge in [0.2, 0.25) is 0 Å². The molecule has 0 rings (SSSR count). The zero-order valence-electron chi connectivity index (χ0n) is 15.6. The van der Waals surface area contributed by atoms with Gasteiger partial charge in [0.1, 0.15) is 19.4 Å². The first kappa shape index (κ1) is 24.3. The summed E-state index contributed by atoms with van der Waals surface area (Å²) in [6.45, 7) is 4.08. The average Bonchev–Trinajstić information content (AvgIpc) is 2.51. The molecule has 0 N–H and O–H groups in total. The molecule has 0 aromatic rings. The number of halogens is 3. The molecular formula is C17H31F3O5. The molecule has 0 heterocycles. The van der Waals surface area contributed by atoms with E-state index in [1.54, 1.807) is 0 Å². The van der Waals surface area contributed by atoms with E-state index in [9.17, 15) is 18.0 Å². The summed E-state index contributed by atoms with van der Waals surface area (Å²) in [7, 11) is 2.97. The molecule has 0 radical (unpaired) electrons. The predicted octanol–water partition coefficient (Wildman–Crippen LogP) is 3.81. The monoisotopic (exact) mass is 372 g/mol. The van der Waals surface area contributed by atoms with Crippen molar-refractivity contribution in [1.29, 1.82) is 0 Å². The standard InChI is InChI=1S/C17H31F3O5/c1-13(9-24-11-22-3)5-6-15(7-8-17(18,19)20)16(14(2)21)10-25-12-23-4/h13,15-16H,5-12H2,1-4H3/t13?,15-,16-/m0/s1. The zero-order chi connectivity index (χ0) is 19.3. The fraction of sp³-hybridized carbons (Fsp3) is 0.941. The molecule has 25 heavy (non-hydrogen) atoms. The van der Waals surface area contributed by atoms with Gasteiger partial charge in [-0.15, -0.1) is 0 Å². The number of carbonyl (C=O) groups excluding carboxylic acids is 1. The summed E-state index contributed by atoms with van der Waals surface area (Å²) < 4.78 is 57.9. The van der Waals surface area contributed by atoms with E-state index < -0.39 is 18.5 Å². The van der Waals surface area contributed by atoms with Crippen LogP contribution in [0.3, 0.4) is 0 Å². The Morgan fingerprint density at radius 3 is 2.00 bits per heavy atom. The lowest BCUT2D eigenvalue weighted by Crippen LogP contribution is -2.29. The van der Waals surface area contributed by atoms with Crippen LogP contribution in [0, 0.1) is 17.8 Å². The first-order valence-electron chi connectivity index (χ1n) is 8.41. The number of carbonyl (C=O) groups is 1. The molecule has 0 aliphatic rings. The third-order valence-corrected chi connectivity index (χ3v) is 4.02. The lowest BCUT2D eigenvalue weighted by atomic mass is 9.81. The number of hydrogen-bond donors (Lipinski definition) is 0. The van der Waals surface area contributed by atoms with Crippen molar-refractivity contribution in [3.05, 3.63) is 0 Å². The van der Waals surface area contributed by atoms with E-state index in [1.807, 2.05) is 6.92 Å². The number of alkyl halides is 3. The Labute approximate surface area is 148 Å². The van der Waals surface area contributed by atoms with Gasteiger partial charge in [0.15, 0.2) is 0 Å². The zero-order valence-corrected chi connectivity index (χ0v) is 15.6. The molecule has 0 bridgehead atoms. The Morgan fingerprint density at radius 2 is 1.52 bits per heavy atom. The third kappa shape index (κ3) is 13.2. The van der Waals surface area contributed by atoms with Crippen LogP contribution in [0.5, 0.6) is 0 Å². The third-order valence-electron chi connectivity index (χ3n) is 4.02. The molecule has 1 unspecified atom stereocenters. The van der Waals surface area contributed by atoms with Crippen molar-refractivity contribution in [1.82, 2.24) is 0 Å². The number of rotatable bonds is 15. The molecule has 8 heteroatoms. The van der Waals surface area contributed by atoms with Gasteiger partial charge in [-0.05, 0) is 38.0 Å². The van der Waals surface area contributed by atoms with Crippen LogP contribution in [-0.2, 0) is 23.7 Å². The minimum Gasteiger partial charge on any atom is -0.359 e. The fourth-order valence-corrected chi connectivity index (χ4v) is 2.65. The molecular weight excluding hydrogens is 341 g/mol. The number of Topliss-reactive ketones (excluding diaryl/α,β-unsaturated/α-hetero) is 1. The highest BCUT2D eigenvalue weighted by Gasteiger charge is 2.32. The van der Waals surface area contributed by atoms with Gasteiger partial charge in [-0.3, -0.25) is 4.79 Å². The van der Waals surface area contributed by atoms with Gasteiger partial charge in [-0.25, -0.2) is 0 Å². The van der Waals surface area contributed by atoms with Gasteiger partial charge < -0.3 is 18.9 Å². The Bertz CT molecular complexity index is 350. The van der Waals surface area contributed by atoms with Crippen LogP contribution < -0.4 is 0 Å². The highest BCUT2D eigenvalue weighted by molar-refractivity contribution is 5.78. The van der Waals surface area contributed by atoms with Gasteiger partial charge in [0, 0.05) is 26.6 Å². The van der Waals surface area contributed by atoms with E-state index in [4.69, 9.17) is 18.9 Å². The first-order valence-corrected chi connectivity index (χ1v) is 8.41. The maximum Gasteiger partial charge on any atom is 0.389 e. The Balaban J connectivity index is 4.71. The topological polar surface area (TPSA) is 54.0 Å². The average molecular weight is 372 g/mol. The molecule has 0 aliphatic heterocycles. The van der Waals surface area contributed by atoms with Crippen LogP contribution in [0.4, 0.5) is 13.2 Å². The summed E-state index contributed by atoms with van der Waals surface area (Å²) in [5, 5.41) is 0. The highest BCUT2D eigenvalue weighted by atomic mass is 19.4. The minimum atomic E-state index is -4.24. The Kier molecular flexibility index (Phi) is 13.1. The van der Waals surface area contributed by atoms with Gasteiger partial charge in [0.05, 0.1) is 13.2 Å². The summed E-state index contributed by atoms with van der Waals surface area (Å²) in [6.07, 6.45) is -4.05. The molecule has 0 saturated carbocycles. The SMILES string of the molecule is COCOCC(C)CC[C@@H](CCC(F)(F)F)[C@@H](COCOC)C(C)=O. The van der Waals surface area contributed by atoms with Crippen molar-refractivity contribution in [3.63, 3.8) is 0 Å². The van der Waals surface area contributed by atoms with Crippen molar-refractivity contribution in [2.75, 3.05) is 41.0 Å².